The van der Waals surface area contributed by atoms with Crippen LogP contribution in [-0.4, -0.2) is 52.6 Å². The normalized spacial score (nSPS) is 35.5. The third-order valence-corrected chi connectivity index (χ3v) is 4.34. The first-order valence-corrected chi connectivity index (χ1v) is 7.18. The molecule has 0 aromatic heterocycles. The molecule has 0 aromatic rings. The lowest BCUT2D eigenvalue weighted by molar-refractivity contribution is -0.142. The number of urea groups is 1. The molecule has 0 bridgehead atoms. The number of likely N-dealkylation sites (tertiary alicyclic amines) is 2. The molecule has 2 aliphatic rings. The minimum Gasteiger partial charge on any atom is -0.480 e. The lowest BCUT2D eigenvalue weighted by Gasteiger charge is -2.38. The molecule has 108 valence electrons. The topological polar surface area (TPSA) is 60.9 Å². The third kappa shape index (κ3) is 2.85. The van der Waals surface area contributed by atoms with Crippen LogP contribution < -0.4 is 0 Å². The Morgan fingerprint density at radius 3 is 2.21 bits per heavy atom. The first kappa shape index (κ1) is 14.2. The van der Waals surface area contributed by atoms with E-state index in [2.05, 4.69) is 13.8 Å². The van der Waals surface area contributed by atoms with Gasteiger partial charge in [0, 0.05) is 19.6 Å². The number of carboxylic acids is 1. The molecule has 2 rings (SSSR count). The van der Waals surface area contributed by atoms with Gasteiger partial charge in [-0.1, -0.05) is 20.8 Å². The van der Waals surface area contributed by atoms with Gasteiger partial charge >= 0.3 is 12.0 Å². The Morgan fingerprint density at radius 1 is 1.11 bits per heavy atom. The Morgan fingerprint density at radius 2 is 1.68 bits per heavy atom. The summed E-state index contributed by atoms with van der Waals surface area (Å²) >= 11 is 0. The highest BCUT2D eigenvalue weighted by molar-refractivity contribution is 5.83. The molecule has 5 heteroatoms. The molecule has 0 saturated carbocycles. The van der Waals surface area contributed by atoms with Crippen LogP contribution in [0, 0.1) is 17.8 Å². The predicted molar refractivity (Wildman–Crippen MR) is 71.8 cm³/mol. The van der Waals surface area contributed by atoms with E-state index in [0.717, 1.165) is 25.9 Å². The van der Waals surface area contributed by atoms with Gasteiger partial charge in [-0.05, 0) is 30.6 Å². The molecule has 1 N–H and O–H groups in total. The van der Waals surface area contributed by atoms with Gasteiger partial charge in [-0.2, -0.15) is 0 Å². The van der Waals surface area contributed by atoms with Gasteiger partial charge in [0.25, 0.3) is 0 Å². The van der Waals surface area contributed by atoms with E-state index >= 15 is 0 Å². The van der Waals surface area contributed by atoms with Gasteiger partial charge in [0.2, 0.25) is 0 Å². The van der Waals surface area contributed by atoms with Gasteiger partial charge in [-0.3, -0.25) is 0 Å². The van der Waals surface area contributed by atoms with Crippen molar-refractivity contribution in [3.8, 4) is 0 Å². The number of amides is 2. The zero-order valence-electron chi connectivity index (χ0n) is 12.0. The summed E-state index contributed by atoms with van der Waals surface area (Å²) in [5.41, 5.74) is 0. The second-order valence-corrected chi connectivity index (χ2v) is 6.38. The molecule has 2 amide bonds. The maximum absolute atomic E-state index is 12.5. The number of carboxylic acid groups (broad SMARTS) is 1. The van der Waals surface area contributed by atoms with Gasteiger partial charge in [0.15, 0.2) is 0 Å². The zero-order chi connectivity index (χ0) is 14.2. The smallest absolute Gasteiger partial charge is 0.326 e. The molecule has 5 nitrogen and oxygen atoms in total. The fourth-order valence-corrected chi connectivity index (χ4v) is 3.54. The lowest BCUT2D eigenvalue weighted by Crippen LogP contribution is -2.52. The monoisotopic (exact) mass is 268 g/mol. The average molecular weight is 268 g/mol. The lowest BCUT2D eigenvalue weighted by atomic mass is 9.92. The zero-order valence-corrected chi connectivity index (χ0v) is 12.0. The summed E-state index contributed by atoms with van der Waals surface area (Å²) in [6, 6.07) is -0.741. The molecule has 4 atom stereocenters. The van der Waals surface area contributed by atoms with Crippen molar-refractivity contribution in [1.29, 1.82) is 0 Å². The minimum atomic E-state index is -0.878. The third-order valence-electron chi connectivity index (χ3n) is 4.34. The molecule has 2 aliphatic heterocycles. The Balaban J connectivity index is 2.08. The maximum atomic E-state index is 12.5. The van der Waals surface area contributed by atoms with E-state index in [1.54, 1.807) is 4.90 Å². The van der Waals surface area contributed by atoms with Crippen LogP contribution in [0.15, 0.2) is 0 Å². The van der Waals surface area contributed by atoms with Gasteiger partial charge < -0.3 is 14.9 Å². The molecular formula is C14H24N2O3. The first-order valence-electron chi connectivity index (χ1n) is 7.18. The standard InChI is InChI=1S/C14H24N2O3/c1-9-6-10(2)8-15(7-9)14(19)16-5-4-11(3)12(16)13(17)18/h9-12H,4-8H2,1-3H3,(H,17,18). The largest absolute Gasteiger partial charge is 0.480 e. The van der Waals surface area contributed by atoms with Crippen LogP contribution in [0.5, 0.6) is 0 Å². The van der Waals surface area contributed by atoms with Gasteiger partial charge in [-0.25, -0.2) is 9.59 Å². The summed E-state index contributed by atoms with van der Waals surface area (Å²) in [5.74, 6) is 0.157. The van der Waals surface area contributed by atoms with E-state index in [4.69, 9.17) is 0 Å². The van der Waals surface area contributed by atoms with Crippen LogP contribution in [0.3, 0.4) is 0 Å². The number of carbonyl (C=O) groups excluding carboxylic acids is 1. The number of nitrogens with zero attached hydrogens (tertiary/aromatic N) is 2. The molecule has 19 heavy (non-hydrogen) atoms. The van der Waals surface area contributed by atoms with E-state index in [1.807, 2.05) is 11.8 Å². The molecule has 2 fully saturated rings. The van der Waals surface area contributed by atoms with Crippen molar-refractivity contribution < 1.29 is 14.7 Å². The van der Waals surface area contributed by atoms with Gasteiger partial charge in [0.1, 0.15) is 6.04 Å². The SMILES string of the molecule is CC1CC(C)CN(C(=O)N2CCC(C)C2C(=O)O)C1. The Labute approximate surface area is 114 Å². The number of carbonyl (C=O) groups is 2. The van der Waals surface area contributed by atoms with Crippen LogP contribution in [0.25, 0.3) is 0 Å². The van der Waals surface area contributed by atoms with Crippen molar-refractivity contribution in [3.05, 3.63) is 0 Å². The number of hydrogen-bond donors (Lipinski definition) is 1. The van der Waals surface area contributed by atoms with E-state index in [1.165, 1.54) is 0 Å². The maximum Gasteiger partial charge on any atom is 0.326 e. The fraction of sp³-hybridized carbons (Fsp3) is 0.857. The molecular weight excluding hydrogens is 244 g/mol. The number of piperidine rings is 1. The summed E-state index contributed by atoms with van der Waals surface area (Å²) in [4.78, 5) is 27.3. The van der Waals surface area contributed by atoms with Crippen LogP contribution in [-0.2, 0) is 4.79 Å². The van der Waals surface area contributed by atoms with Crippen molar-refractivity contribution >= 4 is 12.0 Å². The summed E-state index contributed by atoms with van der Waals surface area (Å²) in [6.45, 7) is 8.28. The molecule has 0 aromatic carbocycles. The fourth-order valence-electron chi connectivity index (χ4n) is 3.54. The highest BCUT2D eigenvalue weighted by atomic mass is 16.4. The molecule has 2 heterocycles. The molecule has 0 radical (unpaired) electrons. The number of aliphatic carboxylic acids is 1. The molecule has 2 saturated heterocycles. The van der Waals surface area contributed by atoms with Crippen molar-refractivity contribution in [1.82, 2.24) is 9.80 Å². The van der Waals surface area contributed by atoms with Crippen LogP contribution >= 0.6 is 0 Å². The quantitative estimate of drug-likeness (QED) is 0.790. The summed E-state index contributed by atoms with van der Waals surface area (Å²) < 4.78 is 0. The summed E-state index contributed by atoms with van der Waals surface area (Å²) in [7, 11) is 0. The molecule has 0 spiro atoms. The van der Waals surface area contributed by atoms with Gasteiger partial charge in [0.05, 0.1) is 0 Å². The van der Waals surface area contributed by atoms with Crippen LogP contribution in [0.1, 0.15) is 33.6 Å². The van der Waals surface area contributed by atoms with Crippen LogP contribution in [0.4, 0.5) is 4.79 Å². The first-order chi connectivity index (χ1) is 8.90. The Kier molecular flexibility index (Phi) is 4.02. The average Bonchev–Trinajstić information content (AvgIpc) is 2.68. The highest BCUT2D eigenvalue weighted by Gasteiger charge is 2.41. The summed E-state index contributed by atoms with van der Waals surface area (Å²) in [6.07, 6.45) is 1.92. The second-order valence-electron chi connectivity index (χ2n) is 6.38. The molecule has 4 unspecified atom stereocenters. The van der Waals surface area contributed by atoms with Crippen molar-refractivity contribution in [2.45, 2.75) is 39.7 Å². The highest BCUT2D eigenvalue weighted by Crippen LogP contribution is 2.28. The van der Waals surface area contributed by atoms with Gasteiger partial charge in [-0.15, -0.1) is 0 Å². The molecule has 0 aliphatic carbocycles. The van der Waals surface area contributed by atoms with Crippen molar-refractivity contribution in [2.75, 3.05) is 19.6 Å². The van der Waals surface area contributed by atoms with E-state index in [-0.39, 0.29) is 11.9 Å². The summed E-state index contributed by atoms with van der Waals surface area (Å²) in [5, 5.41) is 9.29. The number of rotatable bonds is 1. The van der Waals surface area contributed by atoms with Crippen LogP contribution in [0.2, 0.25) is 0 Å². The second kappa shape index (κ2) is 5.39. The van der Waals surface area contributed by atoms with Crippen molar-refractivity contribution in [2.24, 2.45) is 17.8 Å². The Bertz CT molecular complexity index is 362. The van der Waals surface area contributed by atoms with E-state index in [9.17, 15) is 14.7 Å². The van der Waals surface area contributed by atoms with E-state index in [0.29, 0.717) is 18.4 Å². The Hall–Kier alpha value is -1.26. The van der Waals surface area contributed by atoms with E-state index < -0.39 is 12.0 Å². The minimum absolute atomic E-state index is 0.0427. The number of hydrogen-bond acceptors (Lipinski definition) is 2. The van der Waals surface area contributed by atoms with Crippen molar-refractivity contribution in [3.63, 3.8) is 0 Å². The predicted octanol–water partition coefficient (Wildman–Crippen LogP) is 1.88.